The molecule has 1 aliphatic carbocycles. The van der Waals surface area contributed by atoms with E-state index >= 15 is 8.78 Å². The molecule has 5 heterocycles. The minimum atomic E-state index is -4.70. The average Bonchev–Trinajstić information content (AvgIpc) is 3.60. The number of rotatable bonds is 8. The Balaban J connectivity index is 0.917. The molecule has 2 aliphatic heterocycles. The molecule has 1 saturated carbocycles. The number of amides is 4. The summed E-state index contributed by atoms with van der Waals surface area (Å²) >= 11 is 0. The zero-order valence-corrected chi connectivity index (χ0v) is 30.7. The van der Waals surface area contributed by atoms with Gasteiger partial charge in [0, 0.05) is 66.2 Å². The number of carbonyl (C=O) groups is 3. The fourth-order valence-electron chi connectivity index (χ4n) is 8.06. The summed E-state index contributed by atoms with van der Waals surface area (Å²) in [6.07, 6.45) is 5.06. The molecule has 2 aromatic carbocycles. The summed E-state index contributed by atoms with van der Waals surface area (Å²) in [5, 5.41) is 11.4. The molecule has 1 saturated heterocycles. The molecule has 4 amide bonds. The van der Waals surface area contributed by atoms with E-state index < -0.39 is 42.0 Å². The van der Waals surface area contributed by atoms with Gasteiger partial charge in [0.15, 0.2) is 0 Å². The number of ether oxygens (including phenoxy) is 1. The van der Waals surface area contributed by atoms with Crippen molar-refractivity contribution in [1.82, 2.24) is 30.0 Å². The third-order valence-electron chi connectivity index (χ3n) is 10.9. The first kappa shape index (κ1) is 37.9. The van der Waals surface area contributed by atoms with E-state index in [0.717, 1.165) is 37.8 Å². The van der Waals surface area contributed by atoms with Crippen molar-refractivity contribution in [3.8, 4) is 5.75 Å². The van der Waals surface area contributed by atoms with Crippen LogP contribution >= 0.6 is 0 Å². The molecule has 0 radical (unpaired) electrons. The monoisotopic (exact) mass is 788 g/mol. The number of hydrogen-bond acceptors (Lipinski definition) is 8. The summed E-state index contributed by atoms with van der Waals surface area (Å²) in [6, 6.07) is 11.0. The van der Waals surface area contributed by atoms with Crippen LogP contribution in [0, 0.1) is 5.92 Å². The Hall–Kier alpha value is -5.97. The number of anilines is 2. The molecule has 17 heteroatoms. The van der Waals surface area contributed by atoms with Gasteiger partial charge in [-0.1, -0.05) is 30.3 Å². The fraction of sp³-hybridized carbons (Fsp3) is 0.350. The van der Waals surface area contributed by atoms with E-state index in [1.807, 2.05) is 10.9 Å². The van der Waals surface area contributed by atoms with Crippen LogP contribution in [0.15, 0.2) is 73.2 Å². The molecule has 296 valence electrons. The zero-order chi connectivity index (χ0) is 40.1. The molecule has 0 unspecified atom stereocenters. The van der Waals surface area contributed by atoms with Gasteiger partial charge < -0.3 is 10.1 Å². The molecule has 5 aromatic rings. The Labute approximate surface area is 322 Å². The number of aromatic nitrogens is 4. The first-order chi connectivity index (χ1) is 27.3. The van der Waals surface area contributed by atoms with Crippen molar-refractivity contribution >= 4 is 56.5 Å². The number of urea groups is 1. The van der Waals surface area contributed by atoms with Gasteiger partial charge in [-0.2, -0.15) is 27.1 Å². The second-order valence-corrected chi connectivity index (χ2v) is 14.6. The molecule has 0 atom stereocenters. The second-order valence-electron chi connectivity index (χ2n) is 14.6. The Morgan fingerprint density at radius 3 is 2.56 bits per heavy atom. The summed E-state index contributed by atoms with van der Waals surface area (Å²) in [5.41, 5.74) is 0.00493. The third kappa shape index (κ3) is 7.62. The molecular weight excluding hydrogens is 751 g/mol. The number of hydrogen-bond donors (Lipinski definition) is 2. The molecule has 12 nitrogen and oxygen atoms in total. The van der Waals surface area contributed by atoms with Gasteiger partial charge in [-0.3, -0.25) is 34.4 Å². The van der Waals surface area contributed by atoms with Crippen molar-refractivity contribution in [2.45, 2.75) is 50.2 Å². The van der Waals surface area contributed by atoms with Crippen LogP contribution < -0.4 is 20.3 Å². The van der Waals surface area contributed by atoms with Crippen LogP contribution in [0.3, 0.4) is 0 Å². The molecule has 8 rings (SSSR count). The van der Waals surface area contributed by atoms with Gasteiger partial charge in [-0.15, -0.1) is 0 Å². The van der Waals surface area contributed by atoms with Gasteiger partial charge in [-0.05, 0) is 55.4 Å². The topological polar surface area (TPSA) is 135 Å². The summed E-state index contributed by atoms with van der Waals surface area (Å²) in [5.74, 6) is -3.86. The first-order valence-electron chi connectivity index (χ1n) is 18.5. The standard InChI is InChI=1S/C40H37F5N8O4/c1-57-34-17-31-24(16-32(34)48-37(55)30-6-3-7-35(47-30)40(43,44)45)21-53(50-31)25-10-8-23(9-11-25)20-51-14-12-29(39(41,42)22-51)26-4-2-5-27-28(26)18-46-19-33(27)52-15-13-36(54)49-38(52)56/h2-7,12,16-19,21,23,25H,8-11,13-15,20,22H2,1H3,(H,48,55)(H,49,54,56)/t23-,25-. The molecule has 0 bridgehead atoms. The number of methoxy groups -OCH3 is 1. The molecule has 2 fully saturated rings. The van der Waals surface area contributed by atoms with E-state index in [2.05, 4.69) is 20.6 Å². The van der Waals surface area contributed by atoms with E-state index in [1.54, 1.807) is 41.3 Å². The van der Waals surface area contributed by atoms with Gasteiger partial charge >= 0.3 is 12.2 Å². The highest BCUT2D eigenvalue weighted by Gasteiger charge is 2.41. The summed E-state index contributed by atoms with van der Waals surface area (Å²) in [4.78, 5) is 48.1. The number of alkyl halides is 5. The number of fused-ring (bicyclic) bond motifs is 2. The number of benzene rings is 2. The van der Waals surface area contributed by atoms with E-state index in [-0.39, 0.29) is 47.8 Å². The molecule has 3 aliphatic rings. The first-order valence-corrected chi connectivity index (χ1v) is 18.5. The quantitative estimate of drug-likeness (QED) is 0.155. The van der Waals surface area contributed by atoms with Crippen molar-refractivity contribution in [3.63, 3.8) is 0 Å². The largest absolute Gasteiger partial charge is 0.494 e. The van der Waals surface area contributed by atoms with E-state index in [0.29, 0.717) is 46.0 Å². The highest BCUT2D eigenvalue weighted by Crippen LogP contribution is 2.42. The average molecular weight is 789 g/mol. The van der Waals surface area contributed by atoms with Gasteiger partial charge in [0.2, 0.25) is 5.91 Å². The van der Waals surface area contributed by atoms with Crippen LogP contribution in [0.5, 0.6) is 5.75 Å². The van der Waals surface area contributed by atoms with Crippen molar-refractivity contribution in [3.05, 3.63) is 90.1 Å². The Morgan fingerprint density at radius 1 is 1.04 bits per heavy atom. The molecule has 57 heavy (non-hydrogen) atoms. The molecule has 0 spiro atoms. The second kappa shape index (κ2) is 14.8. The van der Waals surface area contributed by atoms with Gasteiger partial charge in [0.1, 0.15) is 17.1 Å². The normalized spacial score (nSPS) is 20.4. The maximum atomic E-state index is 16.0. The highest BCUT2D eigenvalue weighted by atomic mass is 19.4. The summed E-state index contributed by atoms with van der Waals surface area (Å²) in [7, 11) is 1.41. The van der Waals surface area contributed by atoms with Crippen molar-refractivity contribution < 1.29 is 41.1 Å². The van der Waals surface area contributed by atoms with E-state index in [1.165, 1.54) is 30.5 Å². The lowest BCUT2D eigenvalue weighted by Crippen LogP contribution is -2.49. The zero-order valence-electron chi connectivity index (χ0n) is 30.7. The van der Waals surface area contributed by atoms with Crippen LogP contribution in [0.2, 0.25) is 0 Å². The SMILES string of the molecule is COc1cc2nn([C@H]3CC[C@H](CN4CC=C(c5cccc6c(N7CCC(=O)NC7=O)cncc56)C(F)(F)C4)CC3)cc2cc1NC(=O)c1cccc(C(F)(F)F)n1. The molecular formula is C40H37F5N8O4. The fourth-order valence-corrected chi connectivity index (χ4v) is 8.06. The van der Waals surface area contributed by atoms with E-state index in [4.69, 9.17) is 9.84 Å². The lowest BCUT2D eigenvalue weighted by atomic mass is 9.85. The van der Waals surface area contributed by atoms with Gasteiger partial charge in [0.05, 0.1) is 42.8 Å². The minimum absolute atomic E-state index is 0.0580. The Morgan fingerprint density at radius 2 is 1.82 bits per heavy atom. The number of halogens is 5. The minimum Gasteiger partial charge on any atom is -0.494 e. The molecule has 3 aromatic heterocycles. The third-order valence-corrected chi connectivity index (χ3v) is 10.9. The number of nitrogens with zero attached hydrogens (tertiary/aromatic N) is 6. The smallest absolute Gasteiger partial charge is 0.433 e. The highest BCUT2D eigenvalue weighted by molar-refractivity contribution is 6.11. The maximum absolute atomic E-state index is 16.0. The van der Waals surface area contributed by atoms with Crippen LogP contribution in [-0.4, -0.2) is 81.7 Å². The predicted molar refractivity (Wildman–Crippen MR) is 201 cm³/mol. The summed E-state index contributed by atoms with van der Waals surface area (Å²) in [6.45, 7) is 0.586. The lowest BCUT2D eigenvalue weighted by molar-refractivity contribution is -0.141. The number of carbonyl (C=O) groups excluding carboxylic acids is 3. The maximum Gasteiger partial charge on any atom is 0.433 e. The number of nitrogens with one attached hydrogen (secondary N) is 2. The van der Waals surface area contributed by atoms with Crippen LogP contribution in [-0.2, 0) is 11.0 Å². The predicted octanol–water partition coefficient (Wildman–Crippen LogP) is 7.47. The number of pyridine rings is 2. The van der Waals surface area contributed by atoms with E-state index in [9.17, 15) is 27.6 Å². The van der Waals surface area contributed by atoms with Crippen LogP contribution in [0.4, 0.5) is 38.1 Å². The van der Waals surface area contributed by atoms with Gasteiger partial charge in [0.25, 0.3) is 11.8 Å². The van der Waals surface area contributed by atoms with Crippen molar-refractivity contribution in [1.29, 1.82) is 0 Å². The van der Waals surface area contributed by atoms with Crippen LogP contribution in [0.1, 0.15) is 59.9 Å². The van der Waals surface area contributed by atoms with Gasteiger partial charge in [-0.25, -0.2) is 9.78 Å². The summed E-state index contributed by atoms with van der Waals surface area (Å²) < 4.78 is 78.8. The van der Waals surface area contributed by atoms with Crippen molar-refractivity contribution in [2.75, 3.05) is 43.5 Å². The van der Waals surface area contributed by atoms with Crippen LogP contribution in [0.25, 0.3) is 27.2 Å². The molecule has 2 N–H and O–H groups in total. The van der Waals surface area contributed by atoms with Crippen molar-refractivity contribution in [2.24, 2.45) is 5.92 Å². The Bertz CT molecular complexity index is 2420. The number of imide groups is 1. The Kier molecular flexibility index (Phi) is 9.87. The lowest BCUT2D eigenvalue weighted by Gasteiger charge is -2.37.